The van der Waals surface area contributed by atoms with E-state index in [2.05, 4.69) is 58.3 Å². The van der Waals surface area contributed by atoms with Gasteiger partial charge in [-0.2, -0.15) is 4.57 Å². The van der Waals surface area contributed by atoms with Crippen LogP contribution in [0.15, 0.2) is 30.3 Å². The molecule has 1 heterocycles. The van der Waals surface area contributed by atoms with Crippen LogP contribution < -0.4 is 9.30 Å². The van der Waals surface area contributed by atoms with Crippen molar-refractivity contribution >= 4 is 33.5 Å². The molecule has 0 spiro atoms. The molecule has 1 aromatic heterocycles. The smallest absolute Gasteiger partial charge is 0.241 e. The van der Waals surface area contributed by atoms with E-state index in [0.29, 0.717) is 0 Å². The highest BCUT2D eigenvalue weighted by molar-refractivity contribution is 14.1. The van der Waals surface area contributed by atoms with Crippen LogP contribution in [0.5, 0.6) is 5.75 Å². The first kappa shape index (κ1) is 10.7. The van der Waals surface area contributed by atoms with E-state index < -0.39 is 0 Å². The Kier molecular flexibility index (Phi) is 3.09. The molecule has 0 fully saturated rings. The Labute approximate surface area is 103 Å². The summed E-state index contributed by atoms with van der Waals surface area (Å²) in [4.78, 5) is 0. The molecule has 2 aromatic rings. The Balaban J connectivity index is 2.72. The van der Waals surface area contributed by atoms with E-state index in [1.807, 2.05) is 6.07 Å². The number of pyridine rings is 1. The lowest BCUT2D eigenvalue weighted by Gasteiger charge is -2.03. The van der Waals surface area contributed by atoms with Crippen molar-refractivity contribution in [2.24, 2.45) is 0 Å². The van der Waals surface area contributed by atoms with Gasteiger partial charge in [-0.3, -0.25) is 0 Å². The number of aryl methyl sites for hydroxylation is 1. The average Bonchev–Trinajstić information content (AvgIpc) is 2.28. The van der Waals surface area contributed by atoms with Gasteiger partial charge in [0, 0.05) is 34.7 Å². The van der Waals surface area contributed by atoms with Gasteiger partial charge in [0.25, 0.3) is 0 Å². The maximum Gasteiger partial charge on any atom is 0.241 e. The molecule has 0 N–H and O–H groups in total. The number of fused-ring (bicyclic) bond motifs is 1. The summed E-state index contributed by atoms with van der Waals surface area (Å²) in [6, 6.07) is 10.4. The van der Waals surface area contributed by atoms with Gasteiger partial charge in [0.1, 0.15) is 12.3 Å². The first-order valence-corrected chi connectivity index (χ1v) is 6.00. The molecule has 0 amide bonds. The lowest BCUT2D eigenvalue weighted by molar-refractivity contribution is -0.680. The predicted octanol–water partition coefficient (Wildman–Crippen LogP) is 2.76. The second-order valence-electron chi connectivity index (χ2n) is 3.33. The molecule has 1 aromatic carbocycles. The van der Waals surface area contributed by atoms with Crippen LogP contribution in [0.3, 0.4) is 0 Å². The average molecular weight is 314 g/mol. The Bertz CT molecular complexity index is 496. The molecule has 0 unspecified atom stereocenters. The van der Waals surface area contributed by atoms with E-state index in [9.17, 15) is 0 Å². The van der Waals surface area contributed by atoms with Gasteiger partial charge in [0.15, 0.2) is 0 Å². The molecule has 0 aliphatic heterocycles. The number of nitrogens with zero attached hydrogens (tertiary/aromatic N) is 1. The number of hydrogen-bond acceptors (Lipinski definition) is 1. The Morgan fingerprint density at radius 1 is 1.27 bits per heavy atom. The molecule has 0 aliphatic rings. The fourth-order valence-electron chi connectivity index (χ4n) is 1.72. The Hall–Kier alpha value is -0.840. The predicted molar refractivity (Wildman–Crippen MR) is 69.1 cm³/mol. The summed E-state index contributed by atoms with van der Waals surface area (Å²) >= 11 is 2.36. The number of hydrogen-bond donors (Lipinski definition) is 0. The zero-order valence-electron chi connectivity index (χ0n) is 8.83. The molecule has 0 bridgehead atoms. The van der Waals surface area contributed by atoms with Gasteiger partial charge >= 0.3 is 0 Å². The van der Waals surface area contributed by atoms with Crippen LogP contribution in [-0.4, -0.2) is 7.11 Å². The molecule has 0 atom stereocenters. The Morgan fingerprint density at radius 3 is 2.73 bits per heavy atom. The zero-order valence-corrected chi connectivity index (χ0v) is 11.0. The van der Waals surface area contributed by atoms with Crippen LogP contribution >= 0.6 is 22.6 Å². The third-order valence-corrected chi connectivity index (χ3v) is 3.44. The third kappa shape index (κ3) is 1.93. The summed E-state index contributed by atoms with van der Waals surface area (Å²) in [5.41, 5.74) is 1.25. The minimum atomic E-state index is 0.909. The van der Waals surface area contributed by atoms with E-state index in [-0.39, 0.29) is 0 Å². The minimum Gasteiger partial charge on any atom is -0.497 e. The number of ether oxygens (including phenoxy) is 1. The normalized spacial score (nSPS) is 10.6. The highest BCUT2D eigenvalue weighted by Gasteiger charge is 2.11. The molecule has 0 radical (unpaired) electrons. The van der Waals surface area contributed by atoms with Crippen LogP contribution in [0.25, 0.3) is 10.9 Å². The lowest BCUT2D eigenvalue weighted by Crippen LogP contribution is -2.36. The number of rotatable bonds is 2. The lowest BCUT2D eigenvalue weighted by atomic mass is 10.2. The van der Waals surface area contributed by atoms with Crippen molar-refractivity contribution in [3.63, 3.8) is 0 Å². The maximum atomic E-state index is 5.21. The fraction of sp³-hybridized carbons (Fsp3) is 0.250. The summed E-state index contributed by atoms with van der Waals surface area (Å²) in [6.45, 7) is 3.15. The van der Waals surface area contributed by atoms with Crippen molar-refractivity contribution in [1.29, 1.82) is 0 Å². The number of benzene rings is 1. The molecular weight excluding hydrogens is 301 g/mol. The van der Waals surface area contributed by atoms with E-state index in [0.717, 1.165) is 12.3 Å². The SMILES string of the molecule is CC[n+]1c(I)ccc2cc(OC)ccc21. The van der Waals surface area contributed by atoms with Crippen LogP contribution in [0.1, 0.15) is 6.92 Å². The summed E-state index contributed by atoms with van der Waals surface area (Å²) < 4.78 is 8.76. The van der Waals surface area contributed by atoms with E-state index >= 15 is 0 Å². The standard InChI is InChI=1S/C12H13INO/c1-3-14-11-6-5-10(15-2)8-9(11)4-7-12(14)13/h4-8H,3H2,1-2H3/q+1. The molecule has 78 valence electrons. The van der Waals surface area contributed by atoms with Crippen molar-refractivity contribution in [2.75, 3.05) is 7.11 Å². The van der Waals surface area contributed by atoms with E-state index in [4.69, 9.17) is 4.74 Å². The summed E-state index contributed by atoms with van der Waals surface area (Å²) in [5.74, 6) is 0.909. The van der Waals surface area contributed by atoms with Crippen LogP contribution in [-0.2, 0) is 6.54 Å². The van der Waals surface area contributed by atoms with Gasteiger partial charge in [-0.1, -0.05) is 0 Å². The molecule has 2 rings (SSSR count). The van der Waals surface area contributed by atoms with Crippen LogP contribution in [0.4, 0.5) is 0 Å². The monoisotopic (exact) mass is 314 g/mol. The largest absolute Gasteiger partial charge is 0.497 e. The van der Waals surface area contributed by atoms with Gasteiger partial charge in [0.05, 0.1) is 12.5 Å². The van der Waals surface area contributed by atoms with Crippen LogP contribution in [0, 0.1) is 3.70 Å². The van der Waals surface area contributed by atoms with E-state index in [1.54, 1.807) is 7.11 Å². The van der Waals surface area contributed by atoms with Gasteiger partial charge < -0.3 is 4.74 Å². The first-order valence-electron chi connectivity index (χ1n) is 4.92. The molecular formula is C12H13INO+. The highest BCUT2D eigenvalue weighted by Crippen LogP contribution is 2.19. The van der Waals surface area contributed by atoms with Crippen molar-refractivity contribution in [3.05, 3.63) is 34.0 Å². The molecule has 15 heavy (non-hydrogen) atoms. The summed E-state index contributed by atoms with van der Waals surface area (Å²) in [5, 5.41) is 1.22. The summed E-state index contributed by atoms with van der Waals surface area (Å²) in [6.07, 6.45) is 0. The Morgan fingerprint density at radius 2 is 2.07 bits per heavy atom. The summed E-state index contributed by atoms with van der Waals surface area (Å²) in [7, 11) is 1.70. The molecule has 2 nitrogen and oxygen atoms in total. The topological polar surface area (TPSA) is 13.1 Å². The van der Waals surface area contributed by atoms with Crippen molar-refractivity contribution < 1.29 is 9.30 Å². The van der Waals surface area contributed by atoms with E-state index in [1.165, 1.54) is 14.6 Å². The quantitative estimate of drug-likeness (QED) is 0.472. The second kappa shape index (κ2) is 4.35. The molecule has 0 aliphatic carbocycles. The van der Waals surface area contributed by atoms with Crippen LogP contribution in [0.2, 0.25) is 0 Å². The van der Waals surface area contributed by atoms with Gasteiger partial charge in [-0.05, 0) is 25.1 Å². The molecule has 0 saturated carbocycles. The third-order valence-electron chi connectivity index (χ3n) is 2.50. The first-order chi connectivity index (χ1) is 7.26. The molecule has 3 heteroatoms. The van der Waals surface area contributed by atoms with Gasteiger partial charge in [0.2, 0.25) is 9.22 Å². The zero-order chi connectivity index (χ0) is 10.8. The fourth-order valence-corrected chi connectivity index (χ4v) is 2.50. The van der Waals surface area contributed by atoms with Gasteiger partial charge in [-0.25, -0.2) is 0 Å². The molecule has 0 saturated heterocycles. The minimum absolute atomic E-state index is 0.909. The van der Waals surface area contributed by atoms with Crippen molar-refractivity contribution in [2.45, 2.75) is 13.5 Å². The second-order valence-corrected chi connectivity index (χ2v) is 4.43. The van der Waals surface area contributed by atoms with Crippen molar-refractivity contribution in [3.8, 4) is 5.75 Å². The number of aromatic nitrogens is 1. The number of halogens is 1. The maximum absolute atomic E-state index is 5.21. The number of methoxy groups -OCH3 is 1. The van der Waals surface area contributed by atoms with Crippen molar-refractivity contribution in [1.82, 2.24) is 0 Å². The highest BCUT2D eigenvalue weighted by atomic mass is 127. The van der Waals surface area contributed by atoms with Gasteiger partial charge in [-0.15, -0.1) is 0 Å².